The summed E-state index contributed by atoms with van der Waals surface area (Å²) in [6.07, 6.45) is -1.47. The molecule has 0 saturated carbocycles. The minimum Gasteiger partial charge on any atom is -0.384 e. The van der Waals surface area contributed by atoms with E-state index >= 15 is 0 Å². The molecule has 2 N–H and O–H groups in total. The number of hydrogen-bond acceptors (Lipinski definition) is 6. The molecule has 0 radical (unpaired) electrons. The molecule has 0 aromatic heterocycles. The Morgan fingerprint density at radius 3 is 2.62 bits per heavy atom. The molecule has 0 saturated heterocycles. The zero-order valence-corrected chi connectivity index (χ0v) is 7.32. The molecule has 0 heterocycles. The first-order chi connectivity index (χ1) is 6.02. The van der Waals surface area contributed by atoms with Gasteiger partial charge >= 0.3 is 16.6 Å². The van der Waals surface area contributed by atoms with E-state index in [0.717, 1.165) is 0 Å². The van der Waals surface area contributed by atoms with Gasteiger partial charge in [-0.2, -0.15) is 8.42 Å². The number of carbonyl (C=O) groups excluding carboxylic acids is 1. The van der Waals surface area contributed by atoms with Crippen molar-refractivity contribution in [2.75, 3.05) is 12.4 Å². The van der Waals surface area contributed by atoms with E-state index in [9.17, 15) is 13.2 Å². The second-order valence-electron chi connectivity index (χ2n) is 1.91. The Kier molecular flexibility index (Phi) is 5.06. The zero-order chi connectivity index (χ0) is 10.3. The van der Waals surface area contributed by atoms with E-state index in [1.807, 2.05) is 5.92 Å². The quantitative estimate of drug-likeness (QED) is 0.310. The van der Waals surface area contributed by atoms with Crippen molar-refractivity contribution in [3.8, 4) is 11.8 Å². The van der Waals surface area contributed by atoms with Crippen LogP contribution >= 0.6 is 0 Å². The Morgan fingerprint density at radius 1 is 1.54 bits per heavy atom. The maximum atomic E-state index is 10.7. The van der Waals surface area contributed by atoms with Gasteiger partial charge in [0.15, 0.2) is 0 Å². The van der Waals surface area contributed by atoms with Gasteiger partial charge in [0, 0.05) is 0 Å². The Bertz CT molecular complexity index is 308. The van der Waals surface area contributed by atoms with Crippen molar-refractivity contribution in [3.05, 3.63) is 0 Å². The van der Waals surface area contributed by atoms with Crippen LogP contribution in [-0.4, -0.2) is 43.6 Å². The highest BCUT2D eigenvalue weighted by Crippen LogP contribution is 1.94. The topological polar surface area (TPSA) is 101 Å². The Balaban J connectivity index is 4.19. The molecule has 0 fully saturated rings. The molecular formula is C6H8O6S. The predicted octanol–water partition coefficient (Wildman–Crippen LogP) is -2.15. The molecule has 13 heavy (non-hydrogen) atoms. The van der Waals surface area contributed by atoms with Crippen LogP contribution in [-0.2, 0) is 19.1 Å². The van der Waals surface area contributed by atoms with E-state index in [2.05, 4.69) is 10.1 Å². The maximum Gasteiger partial charge on any atom is 0.315 e. The highest BCUT2D eigenvalue weighted by Gasteiger charge is 2.16. The van der Waals surface area contributed by atoms with E-state index in [-0.39, 0.29) is 6.47 Å². The van der Waals surface area contributed by atoms with Gasteiger partial charge in [-0.05, 0) is 0 Å². The Hall–Kier alpha value is -1.10. The van der Waals surface area contributed by atoms with Crippen LogP contribution in [0.4, 0.5) is 0 Å². The predicted molar refractivity (Wildman–Crippen MR) is 41.8 cm³/mol. The molecule has 0 aliphatic rings. The summed E-state index contributed by atoms with van der Waals surface area (Å²) in [7, 11) is -4.06. The van der Waals surface area contributed by atoms with Crippen molar-refractivity contribution < 1.29 is 27.6 Å². The number of carbonyl (C=O) groups is 1. The fraction of sp³-hybridized carbons (Fsp3) is 0.500. The summed E-state index contributed by atoms with van der Waals surface area (Å²) < 4.78 is 25.0. The molecule has 1 unspecified atom stereocenters. The molecule has 0 amide bonds. The summed E-state index contributed by atoms with van der Waals surface area (Å²) in [6, 6.07) is 0. The van der Waals surface area contributed by atoms with Crippen LogP contribution in [0.25, 0.3) is 0 Å². The fourth-order valence-corrected chi connectivity index (χ4v) is 1.17. The van der Waals surface area contributed by atoms with Gasteiger partial charge in [-0.15, -0.1) is 0 Å². The minimum absolute atomic E-state index is 0.248. The average Bonchev–Trinajstić information content (AvgIpc) is 1.99. The third-order valence-electron chi connectivity index (χ3n) is 0.896. The molecule has 0 spiro atoms. The minimum atomic E-state index is -4.06. The molecule has 7 heteroatoms. The highest BCUT2D eigenvalue weighted by atomic mass is 32.2. The molecule has 0 bridgehead atoms. The lowest BCUT2D eigenvalue weighted by Crippen LogP contribution is -2.20. The van der Waals surface area contributed by atoms with Crippen LogP contribution in [0.15, 0.2) is 0 Å². The van der Waals surface area contributed by atoms with Gasteiger partial charge in [-0.3, -0.25) is 4.79 Å². The Labute approximate surface area is 75.3 Å². The van der Waals surface area contributed by atoms with Gasteiger partial charge in [0.25, 0.3) is 0 Å². The smallest absolute Gasteiger partial charge is 0.315 e. The first-order valence-electron chi connectivity index (χ1n) is 3.13. The van der Waals surface area contributed by atoms with Crippen LogP contribution in [0, 0.1) is 11.8 Å². The summed E-state index contributed by atoms with van der Waals surface area (Å²) >= 11 is 0. The third-order valence-corrected chi connectivity index (χ3v) is 1.99. The van der Waals surface area contributed by atoms with E-state index in [1.54, 1.807) is 0 Å². The lowest BCUT2D eigenvalue weighted by Gasteiger charge is -2.01. The molecule has 6 nitrogen and oxygen atoms in total. The van der Waals surface area contributed by atoms with Crippen molar-refractivity contribution >= 4 is 16.6 Å². The van der Waals surface area contributed by atoms with Gasteiger partial charge in [-0.25, -0.2) is 0 Å². The largest absolute Gasteiger partial charge is 0.384 e. The van der Waals surface area contributed by atoms with Crippen LogP contribution in [0.2, 0.25) is 0 Å². The van der Waals surface area contributed by atoms with E-state index < -0.39 is 28.6 Å². The fourth-order valence-electron chi connectivity index (χ4n) is 0.498. The van der Waals surface area contributed by atoms with Crippen molar-refractivity contribution in [2.45, 2.75) is 6.10 Å². The van der Waals surface area contributed by atoms with Crippen molar-refractivity contribution in [2.24, 2.45) is 0 Å². The summed E-state index contributed by atoms with van der Waals surface area (Å²) in [4.78, 5) is 9.66. The lowest BCUT2D eigenvalue weighted by molar-refractivity contribution is -0.120. The van der Waals surface area contributed by atoms with Crippen LogP contribution < -0.4 is 0 Å². The summed E-state index contributed by atoms with van der Waals surface area (Å²) in [5.41, 5.74) is 0. The SMILES string of the molecule is O=COS(=O)(=O)CC(O)C#CCO. The molecule has 74 valence electrons. The van der Waals surface area contributed by atoms with Gasteiger partial charge in [0.2, 0.25) is 0 Å². The van der Waals surface area contributed by atoms with E-state index in [1.165, 1.54) is 0 Å². The highest BCUT2D eigenvalue weighted by molar-refractivity contribution is 7.87. The summed E-state index contributed by atoms with van der Waals surface area (Å²) in [6.45, 7) is -0.729. The second kappa shape index (κ2) is 5.53. The van der Waals surface area contributed by atoms with Gasteiger partial charge in [0.1, 0.15) is 18.5 Å². The van der Waals surface area contributed by atoms with Crippen molar-refractivity contribution in [3.63, 3.8) is 0 Å². The van der Waals surface area contributed by atoms with Gasteiger partial charge < -0.3 is 14.4 Å². The molecular weight excluding hydrogens is 200 g/mol. The van der Waals surface area contributed by atoms with Gasteiger partial charge in [-0.1, -0.05) is 11.8 Å². The zero-order valence-electron chi connectivity index (χ0n) is 6.50. The number of aliphatic hydroxyl groups excluding tert-OH is 2. The first kappa shape index (κ1) is 11.9. The molecule has 0 aromatic carbocycles. The number of aliphatic hydroxyl groups is 2. The standard InChI is InChI=1S/C6H8O6S/c7-3-1-2-6(9)4-13(10,11)12-5-8/h5-7,9H,3-4H2. The second-order valence-corrected chi connectivity index (χ2v) is 3.55. The average molecular weight is 208 g/mol. The lowest BCUT2D eigenvalue weighted by atomic mass is 10.4. The summed E-state index contributed by atoms with van der Waals surface area (Å²) in [5.74, 6) is 3.28. The molecule has 0 aromatic rings. The maximum absolute atomic E-state index is 10.7. The van der Waals surface area contributed by atoms with Crippen LogP contribution in [0.3, 0.4) is 0 Å². The molecule has 0 aliphatic heterocycles. The van der Waals surface area contributed by atoms with Gasteiger partial charge in [0.05, 0.1) is 0 Å². The summed E-state index contributed by atoms with van der Waals surface area (Å²) in [5, 5.41) is 17.1. The molecule has 0 aliphatic carbocycles. The van der Waals surface area contributed by atoms with Crippen LogP contribution in [0.5, 0.6) is 0 Å². The van der Waals surface area contributed by atoms with E-state index in [0.29, 0.717) is 0 Å². The van der Waals surface area contributed by atoms with Crippen LogP contribution in [0.1, 0.15) is 0 Å². The monoisotopic (exact) mass is 208 g/mol. The molecule has 1 atom stereocenters. The number of rotatable bonds is 4. The van der Waals surface area contributed by atoms with Crippen molar-refractivity contribution in [1.29, 1.82) is 0 Å². The number of hydrogen-bond donors (Lipinski definition) is 2. The normalized spacial score (nSPS) is 12.5. The van der Waals surface area contributed by atoms with E-state index in [4.69, 9.17) is 10.2 Å². The first-order valence-corrected chi connectivity index (χ1v) is 4.71. The Morgan fingerprint density at radius 2 is 2.15 bits per heavy atom. The molecule has 0 rings (SSSR count). The third kappa shape index (κ3) is 6.10. The van der Waals surface area contributed by atoms with Crippen molar-refractivity contribution in [1.82, 2.24) is 0 Å².